The lowest BCUT2D eigenvalue weighted by Gasteiger charge is -2.35. The van der Waals surface area contributed by atoms with Crippen LogP contribution in [0.5, 0.6) is 23.5 Å². The van der Waals surface area contributed by atoms with Gasteiger partial charge in [0.05, 0.1) is 48.1 Å². The third-order valence-electron chi connectivity index (χ3n) is 6.16. The van der Waals surface area contributed by atoms with Crippen LogP contribution < -0.4 is 9.47 Å². The Bertz CT molecular complexity index is 1440. The molecule has 3 rings (SSSR count). The lowest BCUT2D eigenvalue weighted by Crippen LogP contribution is -2.35. The number of ether oxygens (including phenoxy) is 2. The summed E-state index contributed by atoms with van der Waals surface area (Å²) in [5.41, 5.74) is 0.215. The van der Waals surface area contributed by atoms with Gasteiger partial charge in [0, 0.05) is 29.4 Å². The Balaban J connectivity index is 2.00. The summed E-state index contributed by atoms with van der Waals surface area (Å²) in [6.07, 6.45) is 2.40. The van der Waals surface area contributed by atoms with E-state index >= 15 is 0 Å². The second kappa shape index (κ2) is 14.1. The summed E-state index contributed by atoms with van der Waals surface area (Å²) in [5.74, 6) is -3.90. The normalized spacial score (nSPS) is 19.5. The molecule has 4 N–H and O–H groups in total. The molecule has 0 amide bonds. The summed E-state index contributed by atoms with van der Waals surface area (Å²) in [4.78, 5) is 30.5. The highest BCUT2D eigenvalue weighted by atomic mass is 32.2. The molecule has 2 aromatic heterocycles. The molecule has 0 bridgehead atoms. The summed E-state index contributed by atoms with van der Waals surface area (Å²) in [6, 6.07) is 1.08. The van der Waals surface area contributed by atoms with E-state index in [0.717, 1.165) is 29.7 Å². The summed E-state index contributed by atoms with van der Waals surface area (Å²) in [6.45, 7) is 0. The first-order valence-corrected chi connectivity index (χ1v) is 17.4. The van der Waals surface area contributed by atoms with Crippen molar-refractivity contribution < 1.29 is 50.4 Å². The third kappa shape index (κ3) is 9.53. The highest BCUT2D eigenvalue weighted by molar-refractivity contribution is 8.00. The van der Waals surface area contributed by atoms with E-state index in [2.05, 4.69) is 19.9 Å². The Hall–Kier alpha value is -2.45. The Labute approximate surface area is 245 Å². The zero-order valence-corrected chi connectivity index (χ0v) is 25.2. The van der Waals surface area contributed by atoms with Crippen molar-refractivity contribution in [2.75, 3.05) is 37.2 Å². The predicted molar refractivity (Wildman–Crippen MR) is 150 cm³/mol. The SMILES string of the molecule is COc1nc(O)cc(C(SCCS(=O)(=O)O)C2CCCC(C(SCCS(=O)(=O)O)c3ncc(O)c(OC)n3)C2=O)n1. The van der Waals surface area contributed by atoms with Crippen molar-refractivity contribution >= 4 is 49.5 Å². The van der Waals surface area contributed by atoms with Gasteiger partial charge in [-0.2, -0.15) is 43.5 Å². The van der Waals surface area contributed by atoms with Gasteiger partial charge >= 0.3 is 6.01 Å². The Kier molecular flexibility index (Phi) is 11.4. The topological polar surface area (TPSA) is 236 Å². The molecular formula is C22H30N4O11S4. The second-order valence-electron chi connectivity index (χ2n) is 8.96. The molecule has 4 unspecified atom stereocenters. The fraction of sp³-hybridized carbons (Fsp3) is 0.591. The van der Waals surface area contributed by atoms with Crippen molar-refractivity contribution in [2.45, 2.75) is 29.8 Å². The van der Waals surface area contributed by atoms with Crippen LogP contribution in [0.1, 0.15) is 41.3 Å². The van der Waals surface area contributed by atoms with Crippen LogP contribution in [0, 0.1) is 11.8 Å². The number of carbonyl (C=O) groups is 1. The van der Waals surface area contributed by atoms with Gasteiger partial charge in [-0.3, -0.25) is 13.9 Å². The second-order valence-corrected chi connectivity index (χ2v) is 14.6. The number of hydrogen-bond donors (Lipinski definition) is 4. The van der Waals surface area contributed by atoms with Crippen LogP contribution in [-0.4, -0.2) is 99.1 Å². The van der Waals surface area contributed by atoms with Crippen molar-refractivity contribution in [3.63, 3.8) is 0 Å². The monoisotopic (exact) mass is 654 g/mol. The number of aromatic nitrogens is 4. The summed E-state index contributed by atoms with van der Waals surface area (Å²) in [7, 11) is -6.01. The van der Waals surface area contributed by atoms with E-state index in [1.807, 2.05) is 0 Å². The molecule has 2 heterocycles. The van der Waals surface area contributed by atoms with Gasteiger partial charge < -0.3 is 19.7 Å². The van der Waals surface area contributed by atoms with Crippen LogP contribution in [-0.2, 0) is 25.0 Å². The minimum atomic E-state index is -4.29. The molecule has 15 nitrogen and oxygen atoms in total. The number of thioether (sulfide) groups is 2. The first-order chi connectivity index (χ1) is 19.2. The first-order valence-electron chi connectivity index (χ1n) is 12.1. The quantitative estimate of drug-likeness (QED) is 0.212. The van der Waals surface area contributed by atoms with Gasteiger partial charge in [-0.25, -0.2) is 4.98 Å². The van der Waals surface area contributed by atoms with Gasteiger partial charge in [-0.05, 0) is 12.8 Å². The molecule has 0 saturated heterocycles. The number of nitrogens with zero attached hydrogens (tertiary/aromatic N) is 4. The minimum absolute atomic E-state index is 0.0875. The lowest BCUT2D eigenvalue weighted by molar-refractivity contribution is -0.129. The molecule has 19 heteroatoms. The number of ketones is 1. The Morgan fingerprint density at radius 3 is 2.07 bits per heavy atom. The fourth-order valence-electron chi connectivity index (χ4n) is 4.38. The predicted octanol–water partition coefficient (Wildman–Crippen LogP) is 1.70. The Morgan fingerprint density at radius 2 is 1.51 bits per heavy atom. The molecule has 2 aromatic rings. The maximum Gasteiger partial charge on any atom is 0.319 e. The molecule has 1 aliphatic carbocycles. The lowest BCUT2D eigenvalue weighted by atomic mass is 9.76. The standard InChI is InChI=1S/C22H30N4O11S4/c1-36-21-15(27)11-23-20(26-21)19(39-7-9-41(33,34)35)13-5-3-4-12(17(13)29)18(38-6-8-40(30,31)32)14-10-16(28)25-22(24-14)37-2/h10-13,18-19,27H,3-9H2,1-2H3,(H,24,25,28)(H,30,31,32)(H,33,34,35). The molecule has 4 atom stereocenters. The van der Waals surface area contributed by atoms with Gasteiger partial charge in [0.2, 0.25) is 5.88 Å². The van der Waals surface area contributed by atoms with Crippen LogP contribution in [0.3, 0.4) is 0 Å². The Morgan fingerprint density at radius 1 is 0.927 bits per heavy atom. The average Bonchev–Trinajstić information content (AvgIpc) is 2.89. The minimum Gasteiger partial charge on any atom is -0.502 e. The molecule has 0 radical (unpaired) electrons. The highest BCUT2D eigenvalue weighted by Crippen LogP contribution is 2.48. The molecule has 41 heavy (non-hydrogen) atoms. The van der Waals surface area contributed by atoms with Crippen molar-refractivity contribution in [3.05, 3.63) is 23.8 Å². The molecule has 0 spiro atoms. The molecule has 1 aliphatic rings. The van der Waals surface area contributed by atoms with Crippen LogP contribution >= 0.6 is 23.5 Å². The van der Waals surface area contributed by atoms with Gasteiger partial charge in [-0.15, -0.1) is 11.8 Å². The number of aromatic hydroxyl groups is 2. The van der Waals surface area contributed by atoms with Crippen molar-refractivity contribution in [2.24, 2.45) is 11.8 Å². The maximum atomic E-state index is 14.1. The molecule has 1 saturated carbocycles. The summed E-state index contributed by atoms with van der Waals surface area (Å²) >= 11 is 2.11. The van der Waals surface area contributed by atoms with E-state index in [0.29, 0.717) is 19.3 Å². The zero-order chi connectivity index (χ0) is 30.4. The number of methoxy groups -OCH3 is 2. The van der Waals surface area contributed by atoms with Crippen molar-refractivity contribution in [1.82, 2.24) is 19.9 Å². The van der Waals surface area contributed by atoms with Crippen molar-refractivity contribution in [3.8, 4) is 23.5 Å². The van der Waals surface area contributed by atoms with Crippen LogP contribution in [0.4, 0.5) is 0 Å². The smallest absolute Gasteiger partial charge is 0.319 e. The molecule has 228 valence electrons. The van der Waals surface area contributed by atoms with Crippen molar-refractivity contribution in [1.29, 1.82) is 0 Å². The molecular weight excluding hydrogens is 625 g/mol. The number of Topliss-reactive ketones (excluding diaryl/α,β-unsaturated/α-hetero) is 1. The fourth-order valence-corrected chi connectivity index (χ4v) is 8.91. The maximum absolute atomic E-state index is 14.1. The van der Waals surface area contributed by atoms with Gasteiger partial charge in [-0.1, -0.05) is 6.42 Å². The molecule has 0 aromatic carbocycles. The molecule has 1 fully saturated rings. The highest BCUT2D eigenvalue weighted by Gasteiger charge is 2.43. The van der Waals surface area contributed by atoms with Gasteiger partial charge in [0.25, 0.3) is 26.1 Å². The largest absolute Gasteiger partial charge is 0.502 e. The number of carbonyl (C=O) groups excluding carboxylic acids is 1. The van der Waals surface area contributed by atoms with E-state index in [1.165, 1.54) is 20.3 Å². The summed E-state index contributed by atoms with van der Waals surface area (Å²) in [5, 5.41) is 18.5. The number of hydrogen-bond acceptors (Lipinski definition) is 15. The molecule has 0 aliphatic heterocycles. The number of rotatable bonds is 14. The first kappa shape index (κ1) is 33.1. The van der Waals surface area contributed by atoms with Gasteiger partial charge in [0.1, 0.15) is 11.6 Å². The third-order valence-corrected chi connectivity index (χ3v) is 10.8. The zero-order valence-electron chi connectivity index (χ0n) is 22.0. The van der Waals surface area contributed by atoms with E-state index < -0.39 is 60.0 Å². The summed E-state index contributed by atoms with van der Waals surface area (Å²) < 4.78 is 74.1. The van der Waals surface area contributed by atoms with Crippen LogP contribution in [0.2, 0.25) is 0 Å². The van der Waals surface area contributed by atoms with E-state index in [4.69, 9.17) is 9.47 Å². The van der Waals surface area contributed by atoms with Gasteiger partial charge in [0.15, 0.2) is 5.75 Å². The van der Waals surface area contributed by atoms with Crippen LogP contribution in [0.25, 0.3) is 0 Å². The van der Waals surface area contributed by atoms with E-state index in [-0.39, 0.29) is 46.4 Å². The average molecular weight is 655 g/mol. The van der Waals surface area contributed by atoms with E-state index in [1.54, 1.807) is 0 Å². The van der Waals surface area contributed by atoms with Crippen LogP contribution in [0.15, 0.2) is 12.3 Å². The van der Waals surface area contributed by atoms with E-state index in [9.17, 15) is 40.9 Å².